The number of nitrogens with zero attached hydrogens (tertiary/aromatic N) is 1. The summed E-state index contributed by atoms with van der Waals surface area (Å²) < 4.78 is 14.2. The lowest BCUT2D eigenvalue weighted by molar-refractivity contribution is 0.625. The topological polar surface area (TPSA) is 3.24 Å². The van der Waals surface area contributed by atoms with Crippen LogP contribution in [0.4, 0.5) is 10.1 Å². The lowest BCUT2D eigenvalue weighted by atomic mass is 10.1. The average Bonchev–Trinajstić information content (AvgIpc) is 2.38. The molecule has 0 saturated carbocycles. The van der Waals surface area contributed by atoms with E-state index in [1.165, 1.54) is 6.07 Å². The maximum Gasteiger partial charge on any atom is 0.123 e. The molecule has 4 heteroatoms. The van der Waals surface area contributed by atoms with Crippen molar-refractivity contribution in [2.24, 2.45) is 0 Å². The van der Waals surface area contributed by atoms with Crippen LogP contribution in [0.2, 0.25) is 0 Å². The largest absolute Gasteiger partial charge is 0.370 e. The number of anilines is 1. The highest BCUT2D eigenvalue weighted by molar-refractivity contribution is 9.10. The molecule has 0 atom stereocenters. The van der Waals surface area contributed by atoms with Gasteiger partial charge >= 0.3 is 0 Å². The minimum Gasteiger partial charge on any atom is -0.370 e. The Hall–Kier alpha value is -1.06. The van der Waals surface area contributed by atoms with Crippen molar-refractivity contribution in [1.29, 1.82) is 0 Å². The van der Waals surface area contributed by atoms with Crippen molar-refractivity contribution in [3.8, 4) is 0 Å². The molecule has 0 N–H and O–H groups in total. The zero-order valence-corrected chi connectivity index (χ0v) is 12.9. The van der Waals surface area contributed by atoms with Gasteiger partial charge in [0.2, 0.25) is 0 Å². The van der Waals surface area contributed by atoms with E-state index in [1.807, 2.05) is 31.3 Å². The van der Waals surface area contributed by atoms with Crippen LogP contribution in [0, 0.1) is 5.82 Å². The van der Waals surface area contributed by atoms with E-state index < -0.39 is 0 Å². The van der Waals surface area contributed by atoms with Gasteiger partial charge in [-0.15, -0.1) is 11.6 Å². The van der Waals surface area contributed by atoms with E-state index in [0.717, 1.165) is 21.3 Å². The second-order valence-corrected chi connectivity index (χ2v) is 5.58. The Morgan fingerprint density at radius 2 is 2.00 bits per heavy atom. The van der Waals surface area contributed by atoms with E-state index in [1.54, 1.807) is 12.1 Å². The summed E-state index contributed by atoms with van der Waals surface area (Å²) in [5.74, 6) is 0.244. The average molecular weight is 343 g/mol. The van der Waals surface area contributed by atoms with E-state index in [9.17, 15) is 4.39 Å². The summed E-state index contributed by atoms with van der Waals surface area (Å²) >= 11 is 9.42. The van der Waals surface area contributed by atoms with Gasteiger partial charge < -0.3 is 4.90 Å². The Bertz CT molecular complexity index is 574. The summed E-state index contributed by atoms with van der Waals surface area (Å²) in [6.07, 6.45) is 0. The van der Waals surface area contributed by atoms with Gasteiger partial charge in [-0.25, -0.2) is 4.39 Å². The molecule has 0 aliphatic rings. The SMILES string of the molecule is CN(Cc1cccc(F)c1)c1cc(Br)ccc1CCl. The van der Waals surface area contributed by atoms with E-state index >= 15 is 0 Å². The summed E-state index contributed by atoms with van der Waals surface area (Å²) in [5.41, 5.74) is 3.04. The maximum atomic E-state index is 13.2. The quantitative estimate of drug-likeness (QED) is 0.710. The third-order valence-electron chi connectivity index (χ3n) is 2.91. The Balaban J connectivity index is 2.24. The van der Waals surface area contributed by atoms with Crippen LogP contribution in [-0.4, -0.2) is 7.05 Å². The van der Waals surface area contributed by atoms with E-state index in [-0.39, 0.29) is 5.82 Å². The summed E-state index contributed by atoms with van der Waals surface area (Å²) in [5, 5.41) is 0. The molecule has 2 rings (SSSR count). The number of halogens is 3. The van der Waals surface area contributed by atoms with Crippen LogP contribution < -0.4 is 4.90 Å². The molecule has 0 unspecified atom stereocenters. The lowest BCUT2D eigenvalue weighted by Crippen LogP contribution is -2.17. The summed E-state index contributed by atoms with van der Waals surface area (Å²) in [7, 11) is 1.97. The second-order valence-electron chi connectivity index (χ2n) is 4.39. The molecule has 1 nitrogen and oxygen atoms in total. The highest BCUT2D eigenvalue weighted by Crippen LogP contribution is 2.27. The van der Waals surface area contributed by atoms with Crippen molar-refractivity contribution < 1.29 is 4.39 Å². The molecule has 0 fully saturated rings. The van der Waals surface area contributed by atoms with Gasteiger partial charge in [0.05, 0.1) is 0 Å². The molecule has 100 valence electrons. The van der Waals surface area contributed by atoms with Gasteiger partial charge in [0.1, 0.15) is 5.82 Å². The molecule has 2 aromatic rings. The Labute approximate surface area is 126 Å². The Morgan fingerprint density at radius 1 is 1.21 bits per heavy atom. The zero-order valence-electron chi connectivity index (χ0n) is 10.5. The molecule has 19 heavy (non-hydrogen) atoms. The van der Waals surface area contributed by atoms with Crippen LogP contribution in [0.3, 0.4) is 0 Å². The van der Waals surface area contributed by atoms with Gasteiger partial charge in [-0.1, -0.05) is 34.1 Å². The third-order valence-corrected chi connectivity index (χ3v) is 3.69. The normalized spacial score (nSPS) is 10.5. The van der Waals surface area contributed by atoms with Gasteiger partial charge in [-0.05, 0) is 35.4 Å². The van der Waals surface area contributed by atoms with Gasteiger partial charge in [-0.3, -0.25) is 0 Å². The van der Waals surface area contributed by atoms with Crippen molar-refractivity contribution in [3.63, 3.8) is 0 Å². The molecule has 0 aromatic heterocycles. The molecule has 0 radical (unpaired) electrons. The predicted molar refractivity (Wildman–Crippen MR) is 82.2 cm³/mol. The minimum absolute atomic E-state index is 0.210. The first kappa shape index (κ1) is 14.4. The molecular weight excluding hydrogens is 329 g/mol. The standard InChI is InChI=1S/C15H14BrClFN/c1-19(10-11-3-2-4-14(18)7-11)15-8-13(16)6-5-12(15)9-17/h2-8H,9-10H2,1H3. The summed E-state index contributed by atoms with van der Waals surface area (Å²) in [6.45, 7) is 0.637. The maximum absolute atomic E-state index is 13.2. The minimum atomic E-state index is -0.210. The van der Waals surface area contributed by atoms with Crippen LogP contribution in [0.25, 0.3) is 0 Å². The van der Waals surface area contributed by atoms with Crippen molar-refractivity contribution in [3.05, 3.63) is 63.9 Å². The predicted octanol–water partition coefficient (Wildman–Crippen LogP) is 4.96. The fourth-order valence-electron chi connectivity index (χ4n) is 2.00. The third kappa shape index (κ3) is 3.71. The van der Waals surface area contributed by atoms with Crippen molar-refractivity contribution in [2.45, 2.75) is 12.4 Å². The highest BCUT2D eigenvalue weighted by Gasteiger charge is 2.08. The van der Waals surface area contributed by atoms with Crippen LogP contribution in [0.15, 0.2) is 46.9 Å². The first-order valence-corrected chi connectivity index (χ1v) is 7.23. The van der Waals surface area contributed by atoms with Crippen LogP contribution in [0.5, 0.6) is 0 Å². The number of hydrogen-bond donors (Lipinski definition) is 0. The fourth-order valence-corrected chi connectivity index (χ4v) is 2.57. The van der Waals surface area contributed by atoms with Crippen molar-refractivity contribution in [2.75, 3.05) is 11.9 Å². The molecule has 0 spiro atoms. The number of benzene rings is 2. The molecule has 0 amide bonds. The van der Waals surface area contributed by atoms with E-state index in [2.05, 4.69) is 20.8 Å². The first-order valence-electron chi connectivity index (χ1n) is 5.90. The molecule has 0 aliphatic carbocycles. The van der Waals surface area contributed by atoms with Gasteiger partial charge in [0, 0.05) is 29.6 Å². The van der Waals surface area contributed by atoms with Crippen molar-refractivity contribution in [1.82, 2.24) is 0 Å². The monoisotopic (exact) mass is 341 g/mol. The van der Waals surface area contributed by atoms with Crippen LogP contribution >= 0.6 is 27.5 Å². The Morgan fingerprint density at radius 3 is 2.68 bits per heavy atom. The van der Waals surface area contributed by atoms with E-state index in [4.69, 9.17) is 11.6 Å². The zero-order chi connectivity index (χ0) is 13.8. The first-order chi connectivity index (χ1) is 9.10. The molecule has 2 aromatic carbocycles. The molecular formula is C15H14BrClFN. The number of rotatable bonds is 4. The number of hydrogen-bond acceptors (Lipinski definition) is 1. The highest BCUT2D eigenvalue weighted by atomic mass is 79.9. The molecule has 0 heterocycles. The molecule has 0 aliphatic heterocycles. The second kappa shape index (κ2) is 6.40. The Kier molecular flexibility index (Phi) is 4.83. The summed E-state index contributed by atoms with van der Waals surface area (Å²) in [4.78, 5) is 2.07. The van der Waals surface area contributed by atoms with Gasteiger partial charge in [0.15, 0.2) is 0 Å². The van der Waals surface area contributed by atoms with Crippen LogP contribution in [0.1, 0.15) is 11.1 Å². The van der Waals surface area contributed by atoms with Gasteiger partial charge in [0.25, 0.3) is 0 Å². The van der Waals surface area contributed by atoms with Crippen LogP contribution in [-0.2, 0) is 12.4 Å². The van der Waals surface area contributed by atoms with Crippen molar-refractivity contribution >= 4 is 33.2 Å². The lowest BCUT2D eigenvalue weighted by Gasteiger charge is -2.22. The number of alkyl halides is 1. The fraction of sp³-hybridized carbons (Fsp3) is 0.200. The molecule has 0 saturated heterocycles. The smallest absolute Gasteiger partial charge is 0.123 e. The van der Waals surface area contributed by atoms with Gasteiger partial charge in [-0.2, -0.15) is 0 Å². The molecule has 0 bridgehead atoms. The summed E-state index contributed by atoms with van der Waals surface area (Å²) in [6, 6.07) is 12.6. The van der Waals surface area contributed by atoms with E-state index in [0.29, 0.717) is 12.4 Å².